The van der Waals surface area contributed by atoms with E-state index in [1.165, 1.54) is 4.90 Å². The van der Waals surface area contributed by atoms with Gasteiger partial charge in [0.15, 0.2) is 0 Å². The minimum atomic E-state index is -1.84. The van der Waals surface area contributed by atoms with E-state index in [-0.39, 0.29) is 31.7 Å². The number of piperidine rings is 1. The van der Waals surface area contributed by atoms with Gasteiger partial charge in [-0.05, 0) is 30.2 Å². The second-order valence-corrected chi connectivity index (χ2v) is 8.71. The number of fused-ring (bicyclic) bond motifs is 1. The molecule has 0 radical (unpaired) electrons. The highest BCUT2D eigenvalue weighted by Gasteiger charge is 2.39. The van der Waals surface area contributed by atoms with Crippen molar-refractivity contribution in [1.82, 2.24) is 15.1 Å². The van der Waals surface area contributed by atoms with E-state index in [1.807, 2.05) is 6.07 Å². The molecule has 178 valence electrons. The van der Waals surface area contributed by atoms with Gasteiger partial charge >= 0.3 is 0 Å². The molecule has 9 heteroatoms. The molecule has 3 aliphatic rings. The van der Waals surface area contributed by atoms with Crippen molar-refractivity contribution < 1.29 is 24.9 Å². The minimum Gasteiger partial charge on any atom is -0.381 e. The van der Waals surface area contributed by atoms with Gasteiger partial charge in [-0.3, -0.25) is 24.6 Å². The van der Waals surface area contributed by atoms with Gasteiger partial charge in [-0.1, -0.05) is 18.2 Å². The van der Waals surface area contributed by atoms with Crippen LogP contribution in [0.4, 0.5) is 10.1 Å². The molecule has 2 saturated heterocycles. The standard InChI is InChI=1S/C25H27FN4O4/c26-20-12-16(14-29-8-10-34-11-9-29)4-5-17(20)13-27-21-3-1-2-18-19(21)15-30(25(18)33)22-6-7-23(31)28-24(22)32/h1-5,12,22,27H,6-11,13-15H2,(H,28,31,32)/t22-/m1/s1/i22D. The number of rotatable bonds is 6. The summed E-state index contributed by atoms with van der Waals surface area (Å²) in [5.41, 5.74) is 3.09. The lowest BCUT2D eigenvalue weighted by molar-refractivity contribution is -0.136. The Morgan fingerprint density at radius 2 is 2.00 bits per heavy atom. The summed E-state index contributed by atoms with van der Waals surface area (Å²) in [5, 5.41) is 5.38. The summed E-state index contributed by atoms with van der Waals surface area (Å²) in [4.78, 5) is 40.4. The van der Waals surface area contributed by atoms with Gasteiger partial charge in [0.25, 0.3) is 5.91 Å². The summed E-state index contributed by atoms with van der Waals surface area (Å²) in [7, 11) is 0. The third-order valence-corrected chi connectivity index (χ3v) is 6.49. The number of imide groups is 1. The average Bonchev–Trinajstić information content (AvgIpc) is 3.20. The van der Waals surface area contributed by atoms with Gasteiger partial charge < -0.3 is 15.0 Å². The summed E-state index contributed by atoms with van der Waals surface area (Å²) in [6.45, 7) is 3.99. The monoisotopic (exact) mass is 467 g/mol. The van der Waals surface area contributed by atoms with E-state index in [0.717, 1.165) is 18.7 Å². The number of anilines is 1. The molecule has 0 aliphatic carbocycles. The number of carbonyl (C=O) groups is 3. The van der Waals surface area contributed by atoms with E-state index in [1.54, 1.807) is 30.3 Å². The van der Waals surface area contributed by atoms with Gasteiger partial charge in [0.1, 0.15) is 11.8 Å². The Balaban J connectivity index is 1.28. The summed E-state index contributed by atoms with van der Waals surface area (Å²) >= 11 is 0. The molecule has 2 aromatic rings. The molecule has 2 fully saturated rings. The number of hydrogen-bond acceptors (Lipinski definition) is 6. The maximum Gasteiger partial charge on any atom is 0.255 e. The predicted octanol–water partition coefficient (Wildman–Crippen LogP) is 2.03. The molecular formula is C25H27FN4O4. The number of carbonyl (C=O) groups excluding carboxylic acids is 3. The lowest BCUT2D eigenvalue weighted by Crippen LogP contribution is -2.52. The molecule has 0 saturated carbocycles. The Bertz CT molecular complexity index is 1190. The number of halogens is 1. The molecule has 2 aromatic carbocycles. The first-order valence-electron chi connectivity index (χ1n) is 11.9. The quantitative estimate of drug-likeness (QED) is 0.632. The van der Waals surface area contributed by atoms with Crippen molar-refractivity contribution in [3.8, 4) is 0 Å². The molecule has 8 nitrogen and oxygen atoms in total. The molecule has 0 unspecified atom stereocenters. The van der Waals surface area contributed by atoms with Crippen LogP contribution in [0.1, 0.15) is 41.3 Å². The van der Waals surface area contributed by atoms with Crippen LogP contribution in [0.15, 0.2) is 36.4 Å². The van der Waals surface area contributed by atoms with Crippen molar-refractivity contribution in [3.63, 3.8) is 0 Å². The van der Waals surface area contributed by atoms with Crippen LogP contribution in [0.25, 0.3) is 0 Å². The van der Waals surface area contributed by atoms with Crippen LogP contribution in [0.2, 0.25) is 0 Å². The molecule has 0 aromatic heterocycles. The van der Waals surface area contributed by atoms with Crippen molar-refractivity contribution in [1.29, 1.82) is 0 Å². The smallest absolute Gasteiger partial charge is 0.255 e. The number of hydrogen-bond donors (Lipinski definition) is 2. The van der Waals surface area contributed by atoms with Crippen LogP contribution >= 0.6 is 0 Å². The first-order chi connectivity index (χ1) is 16.8. The van der Waals surface area contributed by atoms with Crippen LogP contribution < -0.4 is 10.6 Å². The summed E-state index contributed by atoms with van der Waals surface area (Å²) in [5.74, 6) is -1.96. The second-order valence-electron chi connectivity index (χ2n) is 8.71. The van der Waals surface area contributed by atoms with Gasteiger partial charge in [-0.2, -0.15) is 0 Å². The Kier molecular flexibility index (Phi) is 5.95. The van der Waals surface area contributed by atoms with E-state index >= 15 is 0 Å². The zero-order valence-electron chi connectivity index (χ0n) is 19.7. The highest BCUT2D eigenvalue weighted by atomic mass is 19.1. The lowest BCUT2D eigenvalue weighted by atomic mass is 10.0. The van der Waals surface area contributed by atoms with Crippen molar-refractivity contribution >= 4 is 23.4 Å². The normalized spacial score (nSPS) is 23.5. The largest absolute Gasteiger partial charge is 0.381 e. The zero-order valence-corrected chi connectivity index (χ0v) is 18.7. The Morgan fingerprint density at radius 1 is 1.18 bits per heavy atom. The molecule has 3 aliphatic heterocycles. The van der Waals surface area contributed by atoms with E-state index < -0.39 is 23.7 Å². The van der Waals surface area contributed by atoms with Crippen LogP contribution in [0.3, 0.4) is 0 Å². The topological polar surface area (TPSA) is 91.0 Å². The summed E-state index contributed by atoms with van der Waals surface area (Å²) in [6.07, 6.45) is -0.0521. The second kappa shape index (κ2) is 9.52. The van der Waals surface area contributed by atoms with Crippen molar-refractivity contribution in [2.45, 2.75) is 38.5 Å². The van der Waals surface area contributed by atoms with Gasteiger partial charge in [-0.15, -0.1) is 0 Å². The van der Waals surface area contributed by atoms with Crippen LogP contribution in [-0.2, 0) is 34.0 Å². The Morgan fingerprint density at radius 3 is 2.76 bits per heavy atom. The van der Waals surface area contributed by atoms with Crippen LogP contribution in [0.5, 0.6) is 0 Å². The van der Waals surface area contributed by atoms with Crippen molar-refractivity contribution in [2.75, 3.05) is 31.6 Å². The third kappa shape index (κ3) is 4.53. The molecule has 0 spiro atoms. The zero-order chi connectivity index (χ0) is 24.6. The highest BCUT2D eigenvalue weighted by molar-refractivity contribution is 6.06. The van der Waals surface area contributed by atoms with E-state index in [9.17, 15) is 18.8 Å². The lowest BCUT2D eigenvalue weighted by Gasteiger charge is -2.29. The van der Waals surface area contributed by atoms with Gasteiger partial charge in [-0.25, -0.2) is 4.39 Å². The molecule has 0 bridgehead atoms. The highest BCUT2D eigenvalue weighted by Crippen LogP contribution is 2.32. The molecule has 3 amide bonds. The average molecular weight is 468 g/mol. The number of benzene rings is 2. The number of nitrogens with one attached hydrogen (secondary N) is 2. The number of morpholine rings is 1. The van der Waals surface area contributed by atoms with Crippen molar-refractivity contribution in [3.05, 3.63) is 64.5 Å². The molecule has 3 heterocycles. The Hall–Kier alpha value is -3.30. The van der Waals surface area contributed by atoms with E-state index in [0.29, 0.717) is 42.1 Å². The van der Waals surface area contributed by atoms with Crippen molar-refractivity contribution in [2.24, 2.45) is 0 Å². The maximum atomic E-state index is 14.8. The fourth-order valence-electron chi connectivity index (χ4n) is 4.62. The first kappa shape index (κ1) is 21.2. The fourth-order valence-corrected chi connectivity index (χ4v) is 4.62. The number of nitrogens with zero attached hydrogens (tertiary/aromatic N) is 2. The van der Waals surface area contributed by atoms with E-state index in [4.69, 9.17) is 6.11 Å². The predicted molar refractivity (Wildman–Crippen MR) is 122 cm³/mol. The third-order valence-electron chi connectivity index (χ3n) is 6.49. The summed E-state index contributed by atoms with van der Waals surface area (Å²) in [6, 6.07) is 8.56. The molecule has 5 rings (SSSR count). The summed E-state index contributed by atoms with van der Waals surface area (Å²) < 4.78 is 28.8. The number of ether oxygens (including phenoxy) is 1. The number of amides is 3. The van der Waals surface area contributed by atoms with Crippen LogP contribution in [-0.4, -0.2) is 59.8 Å². The minimum absolute atomic E-state index is 0.00127. The molecule has 1 atom stereocenters. The SMILES string of the molecule is [2H][C@@]1(N2Cc3c(NCc4ccc(CN5CCOCC5)cc4F)cccc3C2=O)CCC(=O)NC1=O. The molecular weight excluding hydrogens is 439 g/mol. The van der Waals surface area contributed by atoms with Crippen LogP contribution in [0, 0.1) is 5.82 Å². The maximum absolute atomic E-state index is 14.8. The van der Waals surface area contributed by atoms with E-state index in [2.05, 4.69) is 15.5 Å². The molecule has 34 heavy (non-hydrogen) atoms. The first-order valence-corrected chi connectivity index (χ1v) is 11.4. The fraction of sp³-hybridized carbons (Fsp3) is 0.400. The van der Waals surface area contributed by atoms with Gasteiger partial charge in [0.05, 0.1) is 14.6 Å². The Labute approximate surface area is 198 Å². The molecule has 2 N–H and O–H groups in total. The van der Waals surface area contributed by atoms with Gasteiger partial charge in [0, 0.05) is 61.5 Å². The van der Waals surface area contributed by atoms with Gasteiger partial charge in [0.2, 0.25) is 11.8 Å².